The summed E-state index contributed by atoms with van der Waals surface area (Å²) < 4.78 is 15.7. The maximum Gasteiger partial charge on any atom is 0.508 e. The highest BCUT2D eigenvalue weighted by Crippen LogP contribution is 2.16. The second kappa shape index (κ2) is 23.3. The molecule has 37 heavy (non-hydrogen) atoms. The highest BCUT2D eigenvalue weighted by Gasteiger charge is 2.20. The lowest BCUT2D eigenvalue weighted by Crippen LogP contribution is -2.37. The van der Waals surface area contributed by atoms with Crippen LogP contribution in [0.2, 0.25) is 0 Å². The molecule has 1 saturated heterocycles. The number of piperidine rings is 1. The average molecular weight is 521 g/mol. The van der Waals surface area contributed by atoms with Crippen LogP contribution in [0, 0.1) is 18.8 Å². The van der Waals surface area contributed by atoms with Crippen LogP contribution >= 0.6 is 0 Å². The number of hydrogen-bond acceptors (Lipinski definition) is 6. The van der Waals surface area contributed by atoms with Gasteiger partial charge in [0.15, 0.2) is 0 Å². The molecule has 0 amide bonds. The molecule has 0 saturated carbocycles. The maximum absolute atomic E-state index is 11.9. The summed E-state index contributed by atoms with van der Waals surface area (Å²) in [7, 11) is 0. The van der Waals surface area contributed by atoms with Crippen molar-refractivity contribution in [2.75, 3.05) is 39.5 Å². The zero-order valence-corrected chi connectivity index (χ0v) is 23.8. The number of allylic oxidation sites excluding steroid dienone is 4. The van der Waals surface area contributed by atoms with E-state index in [1.165, 1.54) is 38.5 Å². The Kier molecular flexibility index (Phi) is 20.9. The summed E-state index contributed by atoms with van der Waals surface area (Å²) in [6.45, 7) is 12.0. The SMILES string of the molecule is [CH2]C(COC(=O)CCCCCCC/C=C\C/C=C\CCCCC)COC(=O)OCC1CCCN(CC)C1. The lowest BCUT2D eigenvalue weighted by atomic mass is 9.99. The second-order valence-corrected chi connectivity index (χ2v) is 10.3. The van der Waals surface area contributed by atoms with E-state index in [1.807, 2.05) is 0 Å². The topological polar surface area (TPSA) is 65.1 Å². The van der Waals surface area contributed by atoms with Gasteiger partial charge in [-0.15, -0.1) is 0 Å². The van der Waals surface area contributed by atoms with Gasteiger partial charge in [0, 0.05) is 24.8 Å². The lowest BCUT2D eigenvalue weighted by molar-refractivity contribution is -0.145. The zero-order chi connectivity index (χ0) is 27.0. The Hall–Kier alpha value is -1.82. The minimum Gasteiger partial charge on any atom is -0.465 e. The molecule has 0 N–H and O–H groups in total. The number of unbranched alkanes of at least 4 members (excludes halogenated alkanes) is 8. The van der Waals surface area contributed by atoms with Crippen molar-refractivity contribution in [3.63, 3.8) is 0 Å². The second-order valence-electron chi connectivity index (χ2n) is 10.3. The molecular weight excluding hydrogens is 466 g/mol. The van der Waals surface area contributed by atoms with Crippen LogP contribution in [0.3, 0.4) is 0 Å². The minimum absolute atomic E-state index is 0.0849. The summed E-state index contributed by atoms with van der Waals surface area (Å²) in [5, 5.41) is 0. The first-order chi connectivity index (χ1) is 18.0. The molecule has 0 aromatic rings. The molecule has 1 aliphatic rings. The fraction of sp³-hybridized carbons (Fsp3) is 0.774. The quantitative estimate of drug-likeness (QED) is 0.0878. The van der Waals surface area contributed by atoms with Gasteiger partial charge in [-0.25, -0.2) is 4.79 Å². The van der Waals surface area contributed by atoms with Gasteiger partial charge >= 0.3 is 12.1 Å². The standard InChI is InChI=1S/C31H54NO5/c1-4-6-7-8-9-10-11-12-13-14-15-16-17-18-19-22-30(33)35-25-28(3)26-36-31(34)37-27-29-21-20-23-32(5-2)24-29/h9-10,12-13,28-29H,3-8,11,14-27H2,1-2H3/b10-9-,13-12-. The molecule has 2 unspecified atom stereocenters. The summed E-state index contributed by atoms with van der Waals surface area (Å²) >= 11 is 0. The minimum atomic E-state index is -0.668. The molecule has 0 aromatic heterocycles. The first kappa shape index (κ1) is 33.2. The highest BCUT2D eigenvalue weighted by atomic mass is 16.7. The largest absolute Gasteiger partial charge is 0.508 e. The molecule has 1 rings (SSSR count). The number of rotatable bonds is 21. The molecule has 1 fully saturated rings. The summed E-state index contributed by atoms with van der Waals surface area (Å²) in [6.07, 6.45) is 23.8. The number of carbonyl (C=O) groups is 2. The van der Waals surface area contributed by atoms with E-state index in [2.05, 4.69) is 50.0 Å². The number of carbonyl (C=O) groups excluding carboxylic acids is 2. The molecule has 1 radical (unpaired) electrons. The lowest BCUT2D eigenvalue weighted by Gasteiger charge is -2.31. The summed E-state index contributed by atoms with van der Waals surface area (Å²) in [5.74, 6) is -0.141. The Balaban J connectivity index is 1.92. The van der Waals surface area contributed by atoms with Crippen LogP contribution in [-0.4, -0.2) is 56.5 Å². The Morgan fingerprint density at radius 3 is 2.30 bits per heavy atom. The number of likely N-dealkylation sites (tertiary alicyclic amines) is 1. The average Bonchev–Trinajstić information content (AvgIpc) is 2.91. The Morgan fingerprint density at radius 1 is 0.892 bits per heavy atom. The van der Waals surface area contributed by atoms with Crippen molar-refractivity contribution in [1.29, 1.82) is 0 Å². The van der Waals surface area contributed by atoms with Gasteiger partial charge in [-0.2, -0.15) is 0 Å². The van der Waals surface area contributed by atoms with Crippen LogP contribution in [0.4, 0.5) is 4.79 Å². The first-order valence-electron chi connectivity index (χ1n) is 14.9. The van der Waals surface area contributed by atoms with Crippen molar-refractivity contribution >= 4 is 12.1 Å². The van der Waals surface area contributed by atoms with Crippen LogP contribution in [-0.2, 0) is 19.0 Å². The van der Waals surface area contributed by atoms with Crippen molar-refractivity contribution in [2.24, 2.45) is 11.8 Å². The molecule has 0 bridgehead atoms. The van der Waals surface area contributed by atoms with Crippen LogP contribution in [0.25, 0.3) is 0 Å². The van der Waals surface area contributed by atoms with Gasteiger partial charge in [0.2, 0.25) is 0 Å². The zero-order valence-electron chi connectivity index (χ0n) is 23.8. The van der Waals surface area contributed by atoms with Gasteiger partial charge in [0.05, 0.1) is 13.2 Å². The van der Waals surface area contributed by atoms with Gasteiger partial charge in [-0.1, -0.05) is 70.3 Å². The van der Waals surface area contributed by atoms with E-state index >= 15 is 0 Å². The summed E-state index contributed by atoms with van der Waals surface area (Å²) in [5.41, 5.74) is 0. The molecule has 2 atom stereocenters. The molecule has 6 nitrogen and oxygen atoms in total. The normalized spacial score (nSPS) is 17.3. The van der Waals surface area contributed by atoms with Gasteiger partial charge in [-0.3, -0.25) is 4.79 Å². The van der Waals surface area contributed by atoms with Crippen LogP contribution in [0.15, 0.2) is 24.3 Å². The van der Waals surface area contributed by atoms with Crippen molar-refractivity contribution in [1.82, 2.24) is 4.90 Å². The number of nitrogens with zero attached hydrogens (tertiary/aromatic N) is 1. The van der Waals surface area contributed by atoms with E-state index in [-0.39, 0.29) is 25.1 Å². The molecule has 0 aromatic carbocycles. The first-order valence-corrected chi connectivity index (χ1v) is 14.9. The predicted octanol–water partition coefficient (Wildman–Crippen LogP) is 7.68. The Morgan fingerprint density at radius 2 is 1.57 bits per heavy atom. The molecule has 6 heteroatoms. The summed E-state index contributed by atoms with van der Waals surface area (Å²) in [6, 6.07) is 0. The molecule has 0 aliphatic carbocycles. The molecule has 0 spiro atoms. The van der Waals surface area contributed by atoms with E-state index in [1.54, 1.807) is 0 Å². The van der Waals surface area contributed by atoms with Gasteiger partial charge in [-0.05, 0) is 71.4 Å². The molecule has 1 aliphatic heterocycles. The number of hydrogen-bond donors (Lipinski definition) is 0. The predicted molar refractivity (Wildman–Crippen MR) is 151 cm³/mol. The van der Waals surface area contributed by atoms with E-state index < -0.39 is 6.16 Å². The van der Waals surface area contributed by atoms with E-state index in [9.17, 15) is 9.59 Å². The fourth-order valence-corrected chi connectivity index (χ4v) is 4.40. The Bertz CT molecular complexity index is 633. The third kappa shape index (κ3) is 19.9. The van der Waals surface area contributed by atoms with Gasteiger partial charge in [0.25, 0.3) is 0 Å². The van der Waals surface area contributed by atoms with Crippen molar-refractivity contribution < 1.29 is 23.8 Å². The van der Waals surface area contributed by atoms with Crippen molar-refractivity contribution in [3.8, 4) is 0 Å². The van der Waals surface area contributed by atoms with Crippen LogP contribution < -0.4 is 0 Å². The van der Waals surface area contributed by atoms with Gasteiger partial charge in [0.1, 0.15) is 6.61 Å². The maximum atomic E-state index is 11.9. The highest BCUT2D eigenvalue weighted by molar-refractivity contribution is 5.69. The van der Waals surface area contributed by atoms with Crippen LogP contribution in [0.5, 0.6) is 0 Å². The van der Waals surface area contributed by atoms with E-state index in [0.29, 0.717) is 18.9 Å². The van der Waals surface area contributed by atoms with Gasteiger partial charge < -0.3 is 19.1 Å². The summed E-state index contributed by atoms with van der Waals surface area (Å²) in [4.78, 5) is 26.2. The third-order valence-corrected chi connectivity index (χ3v) is 6.74. The third-order valence-electron chi connectivity index (χ3n) is 6.74. The van der Waals surface area contributed by atoms with E-state index in [4.69, 9.17) is 14.2 Å². The van der Waals surface area contributed by atoms with Crippen molar-refractivity contribution in [3.05, 3.63) is 31.2 Å². The molecule has 213 valence electrons. The number of esters is 1. The smallest absolute Gasteiger partial charge is 0.465 e. The van der Waals surface area contributed by atoms with Crippen LogP contribution in [0.1, 0.15) is 104 Å². The monoisotopic (exact) mass is 520 g/mol. The Labute approximate surface area is 227 Å². The number of ether oxygens (including phenoxy) is 3. The van der Waals surface area contributed by atoms with E-state index in [0.717, 1.165) is 64.6 Å². The molecular formula is C31H54NO5. The fourth-order valence-electron chi connectivity index (χ4n) is 4.40. The van der Waals surface area contributed by atoms with Crippen molar-refractivity contribution in [2.45, 2.75) is 104 Å². The molecule has 1 heterocycles.